The lowest BCUT2D eigenvalue weighted by Gasteiger charge is -2.53. The second kappa shape index (κ2) is 9.01. The number of nitrogens with zero attached hydrogens (tertiary/aromatic N) is 2. The van der Waals surface area contributed by atoms with Gasteiger partial charge >= 0.3 is 0 Å². The number of carbonyl (C=O) groups excluding carboxylic acids is 3. The van der Waals surface area contributed by atoms with Crippen molar-refractivity contribution in [3.8, 4) is 5.75 Å². The molecule has 3 heterocycles. The van der Waals surface area contributed by atoms with Gasteiger partial charge in [0.05, 0.1) is 0 Å². The van der Waals surface area contributed by atoms with Crippen LogP contribution in [0.4, 0.5) is 0 Å². The Morgan fingerprint density at radius 2 is 1.75 bits per heavy atom. The smallest absolute Gasteiger partial charge is 0.255 e. The van der Waals surface area contributed by atoms with Gasteiger partial charge in [-0.1, -0.05) is 36.8 Å². The summed E-state index contributed by atoms with van der Waals surface area (Å²) in [6.07, 6.45) is 4.83. The van der Waals surface area contributed by atoms with E-state index in [4.69, 9.17) is 4.74 Å². The van der Waals surface area contributed by atoms with Crippen LogP contribution in [0.1, 0.15) is 60.0 Å². The Bertz CT molecular complexity index is 1190. The Kier molecular flexibility index (Phi) is 5.80. The highest BCUT2D eigenvalue weighted by Crippen LogP contribution is 2.38. The van der Waals surface area contributed by atoms with Crippen LogP contribution in [0.2, 0.25) is 0 Å². The van der Waals surface area contributed by atoms with Gasteiger partial charge in [0.1, 0.15) is 23.5 Å². The summed E-state index contributed by atoms with van der Waals surface area (Å²) in [5.41, 5.74) is 1.58. The van der Waals surface area contributed by atoms with Gasteiger partial charge in [-0.25, -0.2) is 0 Å². The Labute approximate surface area is 210 Å². The predicted molar refractivity (Wildman–Crippen MR) is 131 cm³/mol. The summed E-state index contributed by atoms with van der Waals surface area (Å²) in [5, 5.41) is 13.4. The number of ether oxygens (including phenoxy) is 1. The lowest BCUT2D eigenvalue weighted by Crippen LogP contribution is -2.65. The summed E-state index contributed by atoms with van der Waals surface area (Å²) in [5.74, 6) is -0.147. The third kappa shape index (κ3) is 4.08. The summed E-state index contributed by atoms with van der Waals surface area (Å²) < 4.78 is 6.50. The number of hydrogen-bond acceptors (Lipinski definition) is 6. The molecule has 1 saturated carbocycles. The van der Waals surface area contributed by atoms with Crippen molar-refractivity contribution in [3.63, 3.8) is 0 Å². The zero-order valence-electron chi connectivity index (χ0n) is 20.2. The van der Waals surface area contributed by atoms with Gasteiger partial charge in [-0.3, -0.25) is 24.6 Å². The number of imide groups is 1. The van der Waals surface area contributed by atoms with E-state index >= 15 is 0 Å². The molecule has 1 aliphatic carbocycles. The molecular formula is C28H31N3O5. The van der Waals surface area contributed by atoms with Gasteiger partial charge < -0.3 is 14.7 Å². The molecule has 3 atom stereocenters. The van der Waals surface area contributed by atoms with Crippen LogP contribution in [0.3, 0.4) is 0 Å². The van der Waals surface area contributed by atoms with Gasteiger partial charge in [0.15, 0.2) is 0 Å². The lowest BCUT2D eigenvalue weighted by atomic mass is 9.81. The largest absolute Gasteiger partial charge is 0.489 e. The van der Waals surface area contributed by atoms with E-state index in [2.05, 4.69) is 10.2 Å². The van der Waals surface area contributed by atoms with Crippen molar-refractivity contribution in [2.45, 2.75) is 68.9 Å². The third-order valence-corrected chi connectivity index (χ3v) is 8.16. The van der Waals surface area contributed by atoms with E-state index in [1.54, 1.807) is 11.0 Å². The first-order valence-electron chi connectivity index (χ1n) is 12.9. The molecule has 188 valence electrons. The van der Waals surface area contributed by atoms with Gasteiger partial charge in [0, 0.05) is 37.7 Å². The highest BCUT2D eigenvalue weighted by molar-refractivity contribution is 6.05. The van der Waals surface area contributed by atoms with Gasteiger partial charge in [-0.05, 0) is 55.0 Å². The molecule has 8 nitrogen and oxygen atoms in total. The Morgan fingerprint density at radius 1 is 0.972 bits per heavy atom. The molecule has 3 aliphatic heterocycles. The van der Waals surface area contributed by atoms with Crippen LogP contribution in [0.15, 0.2) is 48.5 Å². The maximum absolute atomic E-state index is 13.0. The Balaban J connectivity index is 1.13. The van der Waals surface area contributed by atoms with E-state index in [-0.39, 0.29) is 30.4 Å². The van der Waals surface area contributed by atoms with Crippen LogP contribution < -0.4 is 10.1 Å². The molecule has 2 aromatic carbocycles. The summed E-state index contributed by atoms with van der Waals surface area (Å²) in [4.78, 5) is 40.7. The van der Waals surface area contributed by atoms with E-state index in [0.717, 1.165) is 42.6 Å². The Hall–Kier alpha value is -3.23. The van der Waals surface area contributed by atoms with Crippen molar-refractivity contribution in [3.05, 3.63) is 65.2 Å². The summed E-state index contributed by atoms with van der Waals surface area (Å²) in [7, 11) is 0. The fourth-order valence-corrected chi connectivity index (χ4v) is 6.22. The quantitative estimate of drug-likeness (QED) is 0.626. The van der Waals surface area contributed by atoms with Gasteiger partial charge in [-0.15, -0.1) is 0 Å². The van der Waals surface area contributed by atoms with E-state index in [1.807, 2.05) is 42.5 Å². The Morgan fingerprint density at radius 3 is 2.53 bits per heavy atom. The topological polar surface area (TPSA) is 99.2 Å². The molecule has 0 bridgehead atoms. The van der Waals surface area contributed by atoms with Crippen LogP contribution in [0.25, 0.3) is 0 Å². The van der Waals surface area contributed by atoms with Crippen LogP contribution in [0, 0.1) is 0 Å². The van der Waals surface area contributed by atoms with Crippen LogP contribution in [-0.4, -0.2) is 63.9 Å². The number of hydrogen-bond donors (Lipinski definition) is 2. The molecular weight excluding hydrogens is 458 g/mol. The zero-order chi connectivity index (χ0) is 24.9. The molecule has 2 aromatic rings. The van der Waals surface area contributed by atoms with Crippen LogP contribution in [-0.2, 0) is 21.7 Å². The van der Waals surface area contributed by atoms with E-state index < -0.39 is 17.6 Å². The van der Waals surface area contributed by atoms with Gasteiger partial charge in [0.25, 0.3) is 5.91 Å². The second-order valence-corrected chi connectivity index (χ2v) is 10.5. The first-order valence-corrected chi connectivity index (χ1v) is 12.9. The number of aliphatic hydroxyl groups is 1. The van der Waals surface area contributed by atoms with E-state index in [9.17, 15) is 19.5 Å². The molecule has 2 N–H and O–H groups in total. The van der Waals surface area contributed by atoms with Crippen LogP contribution >= 0.6 is 0 Å². The third-order valence-electron chi connectivity index (χ3n) is 8.16. The number of piperidine rings is 1. The number of likely N-dealkylation sites (tertiary alicyclic amines) is 1. The number of benzene rings is 2. The molecule has 4 aliphatic rings. The second-order valence-electron chi connectivity index (χ2n) is 10.5. The maximum atomic E-state index is 13.0. The number of carbonyl (C=O) groups is 3. The molecule has 2 saturated heterocycles. The predicted octanol–water partition coefficient (Wildman–Crippen LogP) is 2.34. The fourth-order valence-electron chi connectivity index (χ4n) is 6.22. The molecule has 0 radical (unpaired) electrons. The highest BCUT2D eigenvalue weighted by Gasteiger charge is 2.48. The summed E-state index contributed by atoms with van der Waals surface area (Å²) >= 11 is 0. The van der Waals surface area contributed by atoms with Crippen LogP contribution in [0.5, 0.6) is 5.75 Å². The average Bonchev–Trinajstić information content (AvgIpc) is 3.18. The minimum absolute atomic E-state index is 0.0143. The standard InChI is InChI=1S/C28H31N3O5/c32-25-13-12-23(26(33)29-25)31-15-18-14-20(10-11-21(18)27(31)34)36-24-9-5-4-8-22(24)30-16-28(35,17-30)19-6-2-1-3-7-19/h1-3,6-7,10-11,14,22-24,35H,4-5,8-9,12-13,15-17H2,(H,29,32,33)/t22-,23?,24-/m0/s1. The maximum Gasteiger partial charge on any atom is 0.255 e. The molecule has 3 amide bonds. The lowest BCUT2D eigenvalue weighted by molar-refractivity contribution is -0.141. The molecule has 6 rings (SSSR count). The number of amides is 3. The number of rotatable bonds is 5. The molecule has 3 fully saturated rings. The van der Waals surface area contributed by atoms with Crippen molar-refractivity contribution in [2.24, 2.45) is 0 Å². The summed E-state index contributed by atoms with van der Waals surface area (Å²) in [6.45, 7) is 1.53. The van der Waals surface area contributed by atoms with Crippen molar-refractivity contribution >= 4 is 17.7 Å². The van der Waals surface area contributed by atoms with Crippen molar-refractivity contribution < 1.29 is 24.2 Å². The highest BCUT2D eigenvalue weighted by atomic mass is 16.5. The fraction of sp³-hybridized carbons (Fsp3) is 0.464. The number of nitrogens with one attached hydrogen (secondary N) is 1. The summed E-state index contributed by atoms with van der Waals surface area (Å²) in [6, 6.07) is 15.0. The van der Waals surface area contributed by atoms with E-state index in [0.29, 0.717) is 31.6 Å². The first-order chi connectivity index (χ1) is 17.4. The van der Waals surface area contributed by atoms with Crippen molar-refractivity contribution in [1.29, 1.82) is 0 Å². The molecule has 1 unspecified atom stereocenters. The monoisotopic (exact) mass is 489 g/mol. The zero-order valence-corrected chi connectivity index (χ0v) is 20.2. The minimum Gasteiger partial charge on any atom is -0.489 e. The molecule has 0 spiro atoms. The van der Waals surface area contributed by atoms with Gasteiger partial charge in [-0.2, -0.15) is 0 Å². The number of β-amino-alcohol motifs (C(OH)–C–C–N with tert-alkyl or cyclic N) is 1. The molecule has 0 aromatic heterocycles. The van der Waals surface area contributed by atoms with Gasteiger partial charge in [0.2, 0.25) is 11.8 Å². The van der Waals surface area contributed by atoms with E-state index in [1.165, 1.54) is 0 Å². The number of fused-ring (bicyclic) bond motifs is 1. The van der Waals surface area contributed by atoms with Crippen molar-refractivity contribution in [2.75, 3.05) is 13.1 Å². The average molecular weight is 490 g/mol. The first kappa shape index (κ1) is 23.2. The molecule has 36 heavy (non-hydrogen) atoms. The molecule has 8 heteroatoms. The minimum atomic E-state index is -0.809. The SMILES string of the molecule is O=C1CCC(N2Cc3cc(O[C@H]4CCCC[C@@H]4N4CC(O)(c5ccccc5)C4)ccc3C2=O)C(=O)N1. The van der Waals surface area contributed by atoms with Crippen molar-refractivity contribution in [1.82, 2.24) is 15.1 Å². The normalized spacial score (nSPS) is 27.9.